The number of hydrogen-bond acceptors (Lipinski definition) is 3. The highest BCUT2D eigenvalue weighted by Crippen LogP contribution is 2.30. The molecule has 28 heavy (non-hydrogen) atoms. The van der Waals surface area contributed by atoms with Crippen molar-refractivity contribution in [3.8, 4) is 11.3 Å². The second-order valence-corrected chi connectivity index (χ2v) is 8.01. The van der Waals surface area contributed by atoms with Crippen LogP contribution >= 0.6 is 15.9 Å². The first-order valence-electron chi connectivity index (χ1n) is 9.40. The first-order chi connectivity index (χ1) is 13.8. The number of H-pyrrole nitrogens is 2. The minimum absolute atomic E-state index is 0.886. The molecular formula is C22H20BrN5. The quantitative estimate of drug-likeness (QED) is 0.475. The van der Waals surface area contributed by atoms with Crippen LogP contribution in [0.3, 0.4) is 0 Å². The number of halogens is 1. The van der Waals surface area contributed by atoms with Crippen LogP contribution in [-0.2, 0) is 6.54 Å². The molecule has 5 nitrogen and oxygen atoms in total. The number of nitrogens with zero attached hydrogens (tertiary/aromatic N) is 3. The maximum atomic E-state index is 4.40. The van der Waals surface area contributed by atoms with Crippen molar-refractivity contribution in [1.29, 1.82) is 0 Å². The Morgan fingerprint density at radius 1 is 1.18 bits per heavy atom. The van der Waals surface area contributed by atoms with Crippen LogP contribution in [0, 0.1) is 0 Å². The Labute approximate surface area is 171 Å². The molecule has 0 atom stereocenters. The molecule has 0 aliphatic carbocycles. The van der Waals surface area contributed by atoms with E-state index >= 15 is 0 Å². The van der Waals surface area contributed by atoms with E-state index in [-0.39, 0.29) is 0 Å². The summed E-state index contributed by atoms with van der Waals surface area (Å²) in [6.45, 7) is 2.85. The molecule has 1 aromatic carbocycles. The van der Waals surface area contributed by atoms with Gasteiger partial charge >= 0.3 is 0 Å². The van der Waals surface area contributed by atoms with Crippen molar-refractivity contribution in [3.05, 3.63) is 76.7 Å². The van der Waals surface area contributed by atoms with Crippen LogP contribution in [0.15, 0.2) is 65.5 Å². The SMILES string of the molecule is Brc1cccc(-c2[nH]ncc2CN2CC=C(c3c[nH]c4ncccc34)CC2)c1. The highest BCUT2D eigenvalue weighted by atomic mass is 79.9. The third kappa shape index (κ3) is 3.30. The van der Waals surface area contributed by atoms with Crippen LogP contribution in [-0.4, -0.2) is 38.2 Å². The lowest BCUT2D eigenvalue weighted by atomic mass is 9.99. The van der Waals surface area contributed by atoms with E-state index in [1.54, 1.807) is 0 Å². The zero-order chi connectivity index (χ0) is 18.9. The monoisotopic (exact) mass is 433 g/mol. The fraction of sp³-hybridized carbons (Fsp3) is 0.182. The maximum Gasteiger partial charge on any atom is 0.137 e. The van der Waals surface area contributed by atoms with Gasteiger partial charge in [0.25, 0.3) is 0 Å². The Balaban J connectivity index is 1.34. The van der Waals surface area contributed by atoms with Crippen LogP contribution in [0.4, 0.5) is 0 Å². The first kappa shape index (κ1) is 17.4. The predicted molar refractivity (Wildman–Crippen MR) is 116 cm³/mol. The fourth-order valence-corrected chi connectivity index (χ4v) is 4.29. The molecule has 4 heterocycles. The van der Waals surface area contributed by atoms with Crippen molar-refractivity contribution in [3.63, 3.8) is 0 Å². The topological polar surface area (TPSA) is 60.6 Å². The Bertz CT molecular complexity index is 1160. The van der Waals surface area contributed by atoms with Gasteiger partial charge in [-0.25, -0.2) is 4.98 Å². The number of aromatic amines is 2. The standard InChI is InChI=1S/C22H20BrN5/c23-18-4-1-3-16(11-18)21-17(12-26-27-21)14-28-9-6-15(7-10-28)20-13-25-22-19(20)5-2-8-24-22/h1-6,8,11-13H,7,9-10,14H2,(H,24,25)(H,26,27). The van der Waals surface area contributed by atoms with Gasteiger partial charge in [0, 0.05) is 58.6 Å². The summed E-state index contributed by atoms with van der Waals surface area (Å²) in [4.78, 5) is 10.1. The summed E-state index contributed by atoms with van der Waals surface area (Å²) in [5, 5.41) is 8.66. The molecule has 0 saturated heterocycles. The van der Waals surface area contributed by atoms with E-state index in [4.69, 9.17) is 0 Å². The normalized spacial score (nSPS) is 15.1. The summed E-state index contributed by atoms with van der Waals surface area (Å²) in [6.07, 6.45) is 9.23. The Morgan fingerprint density at radius 3 is 3.00 bits per heavy atom. The lowest BCUT2D eigenvalue weighted by Crippen LogP contribution is -2.28. The molecule has 0 spiro atoms. The molecule has 2 N–H and O–H groups in total. The van der Waals surface area contributed by atoms with Gasteiger partial charge in [0.2, 0.25) is 0 Å². The molecule has 1 aliphatic heterocycles. The second kappa shape index (κ2) is 7.37. The lowest BCUT2D eigenvalue weighted by Gasteiger charge is -2.26. The molecule has 0 bridgehead atoms. The van der Waals surface area contributed by atoms with E-state index < -0.39 is 0 Å². The molecule has 0 fully saturated rings. The van der Waals surface area contributed by atoms with E-state index in [9.17, 15) is 0 Å². The van der Waals surface area contributed by atoms with E-state index in [0.29, 0.717) is 0 Å². The van der Waals surface area contributed by atoms with E-state index in [1.165, 1.54) is 22.1 Å². The number of hydrogen-bond donors (Lipinski definition) is 2. The number of pyridine rings is 1. The van der Waals surface area contributed by atoms with Crippen molar-refractivity contribution in [2.45, 2.75) is 13.0 Å². The smallest absolute Gasteiger partial charge is 0.137 e. The molecule has 0 radical (unpaired) electrons. The lowest BCUT2D eigenvalue weighted by molar-refractivity contribution is 0.294. The molecule has 5 rings (SSSR count). The van der Waals surface area contributed by atoms with Gasteiger partial charge in [0.1, 0.15) is 5.65 Å². The number of fused-ring (bicyclic) bond motifs is 1. The van der Waals surface area contributed by atoms with Crippen molar-refractivity contribution in [1.82, 2.24) is 25.1 Å². The third-order valence-corrected chi connectivity index (χ3v) is 5.81. The van der Waals surface area contributed by atoms with Gasteiger partial charge in [-0.3, -0.25) is 10.00 Å². The summed E-state index contributed by atoms with van der Waals surface area (Å²) >= 11 is 3.55. The predicted octanol–water partition coefficient (Wildman–Crippen LogP) is 5.00. The number of nitrogens with one attached hydrogen (secondary N) is 2. The van der Waals surface area contributed by atoms with Crippen LogP contribution in [0.25, 0.3) is 27.9 Å². The van der Waals surface area contributed by atoms with Gasteiger partial charge in [-0.2, -0.15) is 5.10 Å². The summed E-state index contributed by atoms with van der Waals surface area (Å²) in [7, 11) is 0. The minimum Gasteiger partial charge on any atom is -0.346 e. The van der Waals surface area contributed by atoms with E-state index in [1.807, 2.05) is 24.5 Å². The average molecular weight is 434 g/mol. The van der Waals surface area contributed by atoms with Gasteiger partial charge in [-0.05, 0) is 36.3 Å². The zero-order valence-electron chi connectivity index (χ0n) is 15.3. The van der Waals surface area contributed by atoms with E-state index in [2.05, 4.69) is 77.5 Å². The highest BCUT2D eigenvalue weighted by molar-refractivity contribution is 9.10. The highest BCUT2D eigenvalue weighted by Gasteiger charge is 2.18. The van der Waals surface area contributed by atoms with Gasteiger partial charge in [0.15, 0.2) is 0 Å². The summed E-state index contributed by atoms with van der Waals surface area (Å²) < 4.78 is 1.07. The maximum absolute atomic E-state index is 4.40. The third-order valence-electron chi connectivity index (χ3n) is 5.32. The second-order valence-electron chi connectivity index (χ2n) is 7.10. The molecule has 6 heteroatoms. The first-order valence-corrected chi connectivity index (χ1v) is 10.2. The molecule has 1 aliphatic rings. The molecule has 0 unspecified atom stereocenters. The molecular weight excluding hydrogens is 414 g/mol. The van der Waals surface area contributed by atoms with E-state index in [0.717, 1.165) is 47.4 Å². The van der Waals surface area contributed by atoms with Crippen LogP contribution in [0.1, 0.15) is 17.5 Å². The van der Waals surface area contributed by atoms with Crippen molar-refractivity contribution < 1.29 is 0 Å². The van der Waals surface area contributed by atoms with Crippen LogP contribution in [0.5, 0.6) is 0 Å². The number of benzene rings is 1. The zero-order valence-corrected chi connectivity index (χ0v) is 16.9. The van der Waals surface area contributed by atoms with Crippen molar-refractivity contribution in [2.24, 2.45) is 0 Å². The summed E-state index contributed by atoms with van der Waals surface area (Å²) in [5.74, 6) is 0. The number of rotatable bonds is 4. The summed E-state index contributed by atoms with van der Waals surface area (Å²) in [6, 6.07) is 12.5. The van der Waals surface area contributed by atoms with Crippen molar-refractivity contribution >= 4 is 32.5 Å². The molecule has 3 aromatic heterocycles. The Kier molecular flexibility index (Phi) is 4.58. The Hall–Kier alpha value is -2.70. The van der Waals surface area contributed by atoms with Gasteiger partial charge in [0.05, 0.1) is 11.9 Å². The Morgan fingerprint density at radius 2 is 2.14 bits per heavy atom. The number of aromatic nitrogens is 4. The van der Waals surface area contributed by atoms with Gasteiger partial charge in [-0.1, -0.05) is 34.1 Å². The minimum atomic E-state index is 0.886. The van der Waals surface area contributed by atoms with Crippen LogP contribution < -0.4 is 0 Å². The fourth-order valence-electron chi connectivity index (χ4n) is 3.89. The average Bonchev–Trinajstić information content (AvgIpc) is 3.36. The molecule has 0 saturated carbocycles. The van der Waals surface area contributed by atoms with Crippen molar-refractivity contribution in [2.75, 3.05) is 13.1 Å². The largest absolute Gasteiger partial charge is 0.346 e. The molecule has 140 valence electrons. The van der Waals surface area contributed by atoms with Gasteiger partial charge in [-0.15, -0.1) is 0 Å². The molecule has 0 amide bonds. The summed E-state index contributed by atoms with van der Waals surface area (Å²) in [5.41, 5.74) is 7.11. The van der Waals surface area contributed by atoms with Gasteiger partial charge < -0.3 is 4.98 Å². The molecule has 4 aromatic rings. The van der Waals surface area contributed by atoms with Crippen LogP contribution in [0.2, 0.25) is 0 Å².